The lowest BCUT2D eigenvalue weighted by Crippen LogP contribution is -1.83. The summed E-state index contributed by atoms with van der Waals surface area (Å²) in [5.41, 5.74) is 3.82. The highest BCUT2D eigenvalue weighted by Gasteiger charge is 2.06. The van der Waals surface area contributed by atoms with E-state index >= 15 is 0 Å². The summed E-state index contributed by atoms with van der Waals surface area (Å²) in [7, 11) is 1.59. The Morgan fingerprint density at radius 2 is 1.36 bits per heavy atom. The first-order valence-corrected chi connectivity index (χ1v) is 10.5. The van der Waals surface area contributed by atoms with Gasteiger partial charge in [0, 0.05) is 14.7 Å². The van der Waals surface area contributed by atoms with Crippen molar-refractivity contribution in [2.45, 2.75) is 21.6 Å². The van der Waals surface area contributed by atoms with Gasteiger partial charge < -0.3 is 0 Å². The minimum atomic E-state index is 1.22. The zero-order chi connectivity index (χ0) is 15.4. The molecule has 0 amide bonds. The van der Waals surface area contributed by atoms with Crippen LogP contribution in [-0.4, -0.2) is 0 Å². The van der Waals surface area contributed by atoms with E-state index in [2.05, 4.69) is 94.5 Å². The van der Waals surface area contributed by atoms with Crippen LogP contribution in [0.2, 0.25) is 0 Å². The largest absolute Gasteiger partial charge is 0.0895 e. The van der Waals surface area contributed by atoms with Crippen LogP contribution < -0.4 is 0 Å². The van der Waals surface area contributed by atoms with Crippen molar-refractivity contribution in [3.05, 3.63) is 78.4 Å². The highest BCUT2D eigenvalue weighted by molar-refractivity contribution is 9.50. The molecule has 0 saturated heterocycles. The summed E-state index contributed by atoms with van der Waals surface area (Å²) in [6.07, 6.45) is 0. The Kier molecular flexibility index (Phi) is 5.29. The Morgan fingerprint density at radius 1 is 0.727 bits per heavy atom. The molecule has 0 spiro atoms. The molecule has 0 aliphatic heterocycles. The number of hydrogen-bond acceptors (Lipinski definition) is 2. The normalized spacial score (nSPS) is 10.6. The van der Waals surface area contributed by atoms with Gasteiger partial charge in [-0.05, 0) is 73.4 Å². The van der Waals surface area contributed by atoms with E-state index in [1.165, 1.54) is 31.4 Å². The molecule has 0 fully saturated rings. The maximum absolute atomic E-state index is 3.42. The van der Waals surface area contributed by atoms with Gasteiger partial charge in [0.05, 0.1) is 0 Å². The predicted octanol–water partition coefficient (Wildman–Crippen LogP) is 7.22. The molecule has 3 heteroatoms. The summed E-state index contributed by atoms with van der Waals surface area (Å²) in [5.74, 6) is 0. The van der Waals surface area contributed by atoms with E-state index in [1.54, 1.807) is 10.2 Å². The third-order valence-corrected chi connectivity index (χ3v) is 6.05. The quantitative estimate of drug-likeness (QED) is 0.464. The van der Waals surface area contributed by atoms with Gasteiger partial charge in [0.2, 0.25) is 0 Å². The zero-order valence-corrected chi connectivity index (χ0v) is 15.3. The van der Waals surface area contributed by atoms with Gasteiger partial charge in [-0.3, -0.25) is 0 Å². The lowest BCUT2D eigenvalue weighted by atomic mass is 10.1. The van der Waals surface area contributed by atoms with Crippen molar-refractivity contribution >= 4 is 36.8 Å². The van der Waals surface area contributed by atoms with Crippen molar-refractivity contribution in [1.29, 1.82) is 0 Å². The Bertz CT molecular complexity index is 749. The summed E-state index contributed by atoms with van der Waals surface area (Å²) < 4.78 is 0. The standard InChI is InChI=1S/C19H15BrS2/c1-14-6-10-16(11-7-14)21-19-5-3-2-4-18(19)15-8-12-17(22-20)13-9-15/h2-13H,1H3. The van der Waals surface area contributed by atoms with Crippen LogP contribution in [0.1, 0.15) is 5.56 Å². The Hall–Kier alpha value is -1.16. The van der Waals surface area contributed by atoms with Crippen LogP contribution in [0, 0.1) is 6.92 Å². The summed E-state index contributed by atoms with van der Waals surface area (Å²) in [6, 6.07) is 25.9. The molecule has 0 aliphatic carbocycles. The molecular weight excluding hydrogens is 372 g/mol. The van der Waals surface area contributed by atoms with Crippen LogP contribution in [0.15, 0.2) is 87.5 Å². The molecule has 0 bridgehead atoms. The minimum Gasteiger partial charge on any atom is -0.0895 e. The fourth-order valence-corrected chi connectivity index (χ4v) is 4.07. The summed E-state index contributed by atoms with van der Waals surface area (Å²) in [5, 5.41) is 0. The van der Waals surface area contributed by atoms with Gasteiger partial charge in [-0.25, -0.2) is 0 Å². The molecule has 110 valence electrons. The van der Waals surface area contributed by atoms with Crippen molar-refractivity contribution < 1.29 is 0 Å². The molecule has 0 aliphatic rings. The van der Waals surface area contributed by atoms with Crippen LogP contribution in [0.25, 0.3) is 11.1 Å². The van der Waals surface area contributed by atoms with Crippen molar-refractivity contribution in [3.8, 4) is 11.1 Å². The van der Waals surface area contributed by atoms with Gasteiger partial charge >= 0.3 is 0 Å². The highest BCUT2D eigenvalue weighted by atomic mass is 79.9. The van der Waals surface area contributed by atoms with Crippen molar-refractivity contribution in [1.82, 2.24) is 0 Å². The van der Waals surface area contributed by atoms with E-state index in [0.717, 1.165) is 0 Å². The van der Waals surface area contributed by atoms with E-state index in [1.807, 2.05) is 11.8 Å². The Morgan fingerprint density at radius 3 is 2.05 bits per heavy atom. The van der Waals surface area contributed by atoms with E-state index < -0.39 is 0 Å². The van der Waals surface area contributed by atoms with Gasteiger partial charge in [-0.1, -0.05) is 59.8 Å². The van der Waals surface area contributed by atoms with Gasteiger partial charge in [0.25, 0.3) is 0 Å². The molecule has 3 rings (SSSR count). The van der Waals surface area contributed by atoms with Crippen molar-refractivity contribution in [2.75, 3.05) is 0 Å². The topological polar surface area (TPSA) is 0 Å². The van der Waals surface area contributed by atoms with Gasteiger partial charge in [0.15, 0.2) is 0 Å². The molecule has 3 aromatic carbocycles. The molecule has 22 heavy (non-hydrogen) atoms. The van der Waals surface area contributed by atoms with Gasteiger partial charge in [-0.2, -0.15) is 0 Å². The van der Waals surface area contributed by atoms with Crippen LogP contribution in [-0.2, 0) is 0 Å². The smallest absolute Gasteiger partial charge is 0.0200 e. The number of benzene rings is 3. The Balaban J connectivity index is 1.93. The van der Waals surface area contributed by atoms with Crippen LogP contribution in [0.5, 0.6) is 0 Å². The first kappa shape index (κ1) is 15.7. The first-order valence-electron chi connectivity index (χ1n) is 6.99. The highest BCUT2D eigenvalue weighted by Crippen LogP contribution is 2.36. The molecule has 0 nitrogen and oxygen atoms in total. The van der Waals surface area contributed by atoms with E-state index in [9.17, 15) is 0 Å². The van der Waals surface area contributed by atoms with Gasteiger partial charge in [0.1, 0.15) is 0 Å². The average molecular weight is 387 g/mol. The lowest BCUT2D eigenvalue weighted by molar-refractivity contribution is 1.36. The van der Waals surface area contributed by atoms with Crippen LogP contribution in [0.3, 0.4) is 0 Å². The average Bonchev–Trinajstić information content (AvgIpc) is 2.58. The summed E-state index contributed by atoms with van der Waals surface area (Å²) >= 11 is 5.23. The van der Waals surface area contributed by atoms with Gasteiger partial charge in [-0.15, -0.1) is 0 Å². The van der Waals surface area contributed by atoms with E-state index in [4.69, 9.17) is 0 Å². The SMILES string of the molecule is Cc1ccc(Sc2ccccc2-c2ccc(SBr)cc2)cc1. The van der Waals surface area contributed by atoms with Crippen molar-refractivity contribution in [2.24, 2.45) is 0 Å². The molecule has 0 N–H and O–H groups in total. The van der Waals surface area contributed by atoms with Crippen LogP contribution in [0.4, 0.5) is 0 Å². The molecular formula is C19H15BrS2. The minimum absolute atomic E-state index is 1.22. The third-order valence-electron chi connectivity index (χ3n) is 3.39. The summed E-state index contributed by atoms with van der Waals surface area (Å²) in [4.78, 5) is 3.77. The van der Waals surface area contributed by atoms with E-state index in [-0.39, 0.29) is 0 Å². The molecule has 0 atom stereocenters. The van der Waals surface area contributed by atoms with Crippen LogP contribution >= 0.6 is 36.8 Å². The Labute approximate surface area is 147 Å². The third kappa shape index (κ3) is 3.78. The lowest BCUT2D eigenvalue weighted by Gasteiger charge is -2.10. The van der Waals surface area contributed by atoms with E-state index in [0.29, 0.717) is 0 Å². The predicted molar refractivity (Wildman–Crippen MR) is 102 cm³/mol. The number of rotatable bonds is 4. The molecule has 0 saturated carbocycles. The second-order valence-electron chi connectivity index (χ2n) is 5.01. The number of halogens is 1. The molecule has 3 aromatic rings. The fourth-order valence-electron chi connectivity index (χ4n) is 2.21. The molecule has 0 aromatic heterocycles. The second kappa shape index (κ2) is 7.40. The molecule has 0 unspecified atom stereocenters. The molecule has 0 heterocycles. The fraction of sp³-hybridized carbons (Fsp3) is 0.0526. The maximum Gasteiger partial charge on any atom is 0.0200 e. The number of hydrogen-bond donors (Lipinski definition) is 0. The maximum atomic E-state index is 3.42. The first-order chi connectivity index (χ1) is 10.8. The second-order valence-corrected chi connectivity index (χ2v) is 7.73. The zero-order valence-electron chi connectivity index (χ0n) is 12.1. The number of aryl methyl sites for hydroxylation is 1. The molecule has 0 radical (unpaired) electrons. The van der Waals surface area contributed by atoms with Crippen molar-refractivity contribution in [3.63, 3.8) is 0 Å². The monoisotopic (exact) mass is 386 g/mol. The summed E-state index contributed by atoms with van der Waals surface area (Å²) in [6.45, 7) is 2.12.